The van der Waals surface area contributed by atoms with Crippen molar-refractivity contribution in [3.63, 3.8) is 0 Å². The molecule has 1 aromatic rings. The van der Waals surface area contributed by atoms with Crippen LogP contribution in [0.2, 0.25) is 0 Å². The summed E-state index contributed by atoms with van der Waals surface area (Å²) in [7, 11) is 0. The summed E-state index contributed by atoms with van der Waals surface area (Å²) in [6, 6.07) is 5.92. The molecule has 0 aromatic carbocycles. The van der Waals surface area contributed by atoms with Crippen LogP contribution in [-0.4, -0.2) is 41.5 Å². The maximum Gasteiger partial charge on any atom is 0.120 e. The normalized spacial score (nSPS) is 12.6. The van der Waals surface area contributed by atoms with E-state index in [0.717, 1.165) is 25.3 Å². The van der Waals surface area contributed by atoms with Crippen LogP contribution >= 0.6 is 0 Å². The van der Waals surface area contributed by atoms with Gasteiger partial charge < -0.3 is 10.5 Å². The Hall–Kier alpha value is -1.46. The number of nitrogens with zero attached hydrogens (tertiary/aromatic N) is 2. The average Bonchev–Trinajstić information content (AvgIpc) is 2.38. The largest absolute Gasteiger partial charge is 0.385 e. The predicted molar refractivity (Wildman–Crippen MR) is 72.5 cm³/mol. The molecule has 1 heterocycles. The summed E-state index contributed by atoms with van der Waals surface area (Å²) in [5, 5.41) is 7.24. The lowest BCUT2D eigenvalue weighted by Gasteiger charge is -2.21. The summed E-state index contributed by atoms with van der Waals surface area (Å²) in [5.74, 6) is 0.0720. The molecule has 0 radical (unpaired) electrons. The Bertz CT molecular complexity index is 355. The van der Waals surface area contributed by atoms with Crippen molar-refractivity contribution in [1.29, 1.82) is 5.41 Å². The molecule has 0 saturated carbocycles. The summed E-state index contributed by atoms with van der Waals surface area (Å²) in [5.41, 5.74) is 6.40. The highest BCUT2D eigenvalue weighted by atomic mass is 16.5. The van der Waals surface area contributed by atoms with Gasteiger partial charge in [0.05, 0.1) is 12.3 Å². The molecular weight excluding hydrogens is 228 g/mol. The van der Waals surface area contributed by atoms with Crippen molar-refractivity contribution in [1.82, 2.24) is 9.88 Å². The van der Waals surface area contributed by atoms with Crippen molar-refractivity contribution in [2.24, 2.45) is 5.73 Å². The van der Waals surface area contributed by atoms with E-state index < -0.39 is 0 Å². The minimum Gasteiger partial charge on any atom is -0.385 e. The molecule has 0 aliphatic heterocycles. The average molecular weight is 250 g/mol. The van der Waals surface area contributed by atoms with Crippen molar-refractivity contribution in [3.8, 4) is 0 Å². The molecule has 0 aliphatic rings. The van der Waals surface area contributed by atoms with Crippen molar-refractivity contribution < 1.29 is 4.74 Å². The van der Waals surface area contributed by atoms with Gasteiger partial charge in [0.1, 0.15) is 11.9 Å². The highest BCUT2D eigenvalue weighted by Gasteiger charge is 2.08. The van der Waals surface area contributed by atoms with Crippen molar-refractivity contribution in [3.05, 3.63) is 30.1 Å². The lowest BCUT2D eigenvalue weighted by molar-refractivity contribution is 0.0822. The molecule has 1 rings (SSSR count). The Morgan fingerprint density at radius 1 is 1.56 bits per heavy atom. The van der Waals surface area contributed by atoms with E-state index in [1.54, 1.807) is 13.1 Å². The van der Waals surface area contributed by atoms with Gasteiger partial charge in [0, 0.05) is 19.3 Å². The van der Waals surface area contributed by atoms with Gasteiger partial charge in [-0.15, -0.1) is 0 Å². The third kappa shape index (κ3) is 5.25. The Morgan fingerprint density at radius 3 is 2.89 bits per heavy atom. The minimum atomic E-state index is -0.307. The van der Waals surface area contributed by atoms with Crippen LogP contribution in [0.1, 0.15) is 19.5 Å². The number of pyridine rings is 1. The number of amidine groups is 1. The second-order valence-corrected chi connectivity index (χ2v) is 4.16. The van der Waals surface area contributed by atoms with Crippen molar-refractivity contribution in [2.75, 3.05) is 19.7 Å². The predicted octanol–water partition coefficient (Wildman–Crippen LogP) is 1.24. The van der Waals surface area contributed by atoms with Gasteiger partial charge in [-0.05, 0) is 25.6 Å². The zero-order chi connectivity index (χ0) is 13.4. The molecular formula is C13H22N4O. The summed E-state index contributed by atoms with van der Waals surface area (Å²) >= 11 is 0. The van der Waals surface area contributed by atoms with Crippen molar-refractivity contribution in [2.45, 2.75) is 26.5 Å². The highest BCUT2D eigenvalue weighted by molar-refractivity contribution is 5.81. The molecule has 5 heteroatoms. The molecule has 100 valence electrons. The molecule has 0 bridgehead atoms. The molecule has 0 fully saturated rings. The number of likely N-dealkylation sites (N-methyl/N-ethyl adjacent to an activating group) is 1. The fourth-order valence-corrected chi connectivity index (χ4v) is 1.52. The van der Waals surface area contributed by atoms with Crippen LogP contribution < -0.4 is 5.73 Å². The van der Waals surface area contributed by atoms with Crippen LogP contribution in [-0.2, 0) is 11.3 Å². The fraction of sp³-hybridized carbons (Fsp3) is 0.538. The second kappa shape index (κ2) is 7.79. The van der Waals surface area contributed by atoms with Gasteiger partial charge in [-0.1, -0.05) is 13.0 Å². The van der Waals surface area contributed by atoms with Gasteiger partial charge in [0.25, 0.3) is 0 Å². The number of nitrogens with one attached hydrogen (secondary N) is 1. The van der Waals surface area contributed by atoms with Crippen LogP contribution in [0.15, 0.2) is 24.4 Å². The van der Waals surface area contributed by atoms with Gasteiger partial charge in [-0.3, -0.25) is 15.3 Å². The number of rotatable bonds is 8. The smallest absolute Gasteiger partial charge is 0.120 e. The molecule has 1 atom stereocenters. The molecule has 5 nitrogen and oxygen atoms in total. The SMILES string of the molecule is CCN(CCOC(C)C(=N)N)Cc1ccccn1. The molecule has 1 unspecified atom stereocenters. The van der Waals surface area contributed by atoms with Gasteiger partial charge in [0.15, 0.2) is 0 Å². The van der Waals surface area contributed by atoms with Gasteiger partial charge in [0.2, 0.25) is 0 Å². The number of hydrogen-bond donors (Lipinski definition) is 2. The Labute approximate surface area is 108 Å². The van der Waals surface area contributed by atoms with Crippen LogP contribution in [0.25, 0.3) is 0 Å². The van der Waals surface area contributed by atoms with E-state index >= 15 is 0 Å². The van der Waals surface area contributed by atoms with Gasteiger partial charge >= 0.3 is 0 Å². The molecule has 1 aromatic heterocycles. The lowest BCUT2D eigenvalue weighted by atomic mass is 10.3. The van der Waals surface area contributed by atoms with Gasteiger partial charge in [-0.2, -0.15) is 0 Å². The minimum absolute atomic E-state index is 0.0720. The first-order valence-electron chi connectivity index (χ1n) is 6.21. The van der Waals surface area contributed by atoms with Gasteiger partial charge in [-0.25, -0.2) is 0 Å². The summed E-state index contributed by atoms with van der Waals surface area (Å²) < 4.78 is 5.46. The summed E-state index contributed by atoms with van der Waals surface area (Å²) in [4.78, 5) is 6.55. The summed E-state index contributed by atoms with van der Waals surface area (Å²) in [6.45, 7) is 7.03. The van der Waals surface area contributed by atoms with Crippen LogP contribution in [0.5, 0.6) is 0 Å². The molecule has 0 amide bonds. The third-order valence-electron chi connectivity index (χ3n) is 2.77. The Kier molecular flexibility index (Phi) is 6.32. The highest BCUT2D eigenvalue weighted by Crippen LogP contribution is 2.01. The standard InChI is InChI=1S/C13H22N4O/c1-3-17(8-9-18-11(2)13(14)15)10-12-6-4-5-7-16-12/h4-7,11H,3,8-10H2,1-2H3,(H3,14,15). The lowest BCUT2D eigenvalue weighted by Crippen LogP contribution is -2.32. The second-order valence-electron chi connectivity index (χ2n) is 4.16. The van der Waals surface area contributed by atoms with E-state index in [1.807, 2.05) is 18.2 Å². The van der Waals surface area contributed by atoms with E-state index in [2.05, 4.69) is 16.8 Å². The third-order valence-corrected chi connectivity index (χ3v) is 2.77. The van der Waals surface area contributed by atoms with Crippen molar-refractivity contribution >= 4 is 5.84 Å². The zero-order valence-electron chi connectivity index (χ0n) is 11.1. The zero-order valence-corrected chi connectivity index (χ0v) is 11.1. The maximum absolute atomic E-state index is 7.24. The molecule has 0 aliphatic carbocycles. The number of ether oxygens (including phenoxy) is 1. The van der Waals surface area contributed by atoms with E-state index in [0.29, 0.717) is 6.61 Å². The number of nitrogens with two attached hydrogens (primary N) is 1. The van der Waals surface area contributed by atoms with E-state index in [1.165, 1.54) is 0 Å². The first-order chi connectivity index (χ1) is 8.63. The first kappa shape index (κ1) is 14.6. The quantitative estimate of drug-likeness (QED) is 0.538. The first-order valence-corrected chi connectivity index (χ1v) is 6.21. The topological polar surface area (TPSA) is 75.2 Å². The summed E-state index contributed by atoms with van der Waals surface area (Å²) in [6.07, 6.45) is 1.50. The van der Waals surface area contributed by atoms with Crippen LogP contribution in [0.4, 0.5) is 0 Å². The maximum atomic E-state index is 7.24. The number of aromatic nitrogens is 1. The number of hydrogen-bond acceptors (Lipinski definition) is 4. The fourth-order valence-electron chi connectivity index (χ4n) is 1.52. The molecule has 3 N–H and O–H groups in total. The molecule has 0 spiro atoms. The van der Waals surface area contributed by atoms with Crippen LogP contribution in [0.3, 0.4) is 0 Å². The molecule has 18 heavy (non-hydrogen) atoms. The molecule has 0 saturated heterocycles. The van der Waals surface area contributed by atoms with E-state index in [-0.39, 0.29) is 11.9 Å². The van der Waals surface area contributed by atoms with E-state index in [9.17, 15) is 0 Å². The Morgan fingerprint density at radius 2 is 2.33 bits per heavy atom. The van der Waals surface area contributed by atoms with E-state index in [4.69, 9.17) is 15.9 Å². The monoisotopic (exact) mass is 250 g/mol. The van der Waals surface area contributed by atoms with Crippen LogP contribution in [0, 0.1) is 5.41 Å². The Balaban J connectivity index is 2.32.